The van der Waals surface area contributed by atoms with Gasteiger partial charge in [-0.3, -0.25) is 4.79 Å². The van der Waals surface area contributed by atoms with Gasteiger partial charge in [-0.25, -0.2) is 0 Å². The van der Waals surface area contributed by atoms with Crippen molar-refractivity contribution in [1.29, 1.82) is 0 Å². The molecule has 0 radical (unpaired) electrons. The SMILES string of the molecule is CCOc1ccc(P(C(=O)c2ccccc2)C(F)(F)F)c(OCC)c1. The first-order valence-corrected chi connectivity index (χ1v) is 9.08. The standard InChI is InChI=1S/C18H18F3O3P/c1-3-23-14-10-11-16(15(12-14)24-4-2)25(18(19,20)21)17(22)13-8-6-5-7-9-13/h5-12H,3-4H2,1-2H3. The van der Waals surface area contributed by atoms with E-state index in [1.54, 1.807) is 32.0 Å². The van der Waals surface area contributed by atoms with Gasteiger partial charge >= 0.3 is 5.92 Å². The summed E-state index contributed by atoms with van der Waals surface area (Å²) in [5.41, 5.74) is -0.921. The van der Waals surface area contributed by atoms with Crippen LogP contribution in [0.4, 0.5) is 13.2 Å². The molecule has 0 N–H and O–H groups in total. The van der Waals surface area contributed by atoms with E-state index < -0.39 is 19.4 Å². The van der Waals surface area contributed by atoms with Crippen LogP contribution >= 0.6 is 7.92 Å². The Morgan fingerprint density at radius 3 is 2.20 bits per heavy atom. The smallest absolute Gasteiger partial charge is 0.416 e. The first-order valence-electron chi connectivity index (χ1n) is 7.74. The van der Waals surface area contributed by atoms with Gasteiger partial charge in [0.25, 0.3) is 0 Å². The minimum Gasteiger partial charge on any atom is -0.494 e. The molecule has 1 unspecified atom stereocenters. The molecule has 0 heterocycles. The highest BCUT2D eigenvalue weighted by atomic mass is 31.1. The Hall–Kier alpha value is -2.07. The lowest BCUT2D eigenvalue weighted by Crippen LogP contribution is -2.23. The van der Waals surface area contributed by atoms with Crippen molar-refractivity contribution in [1.82, 2.24) is 0 Å². The van der Waals surface area contributed by atoms with Gasteiger partial charge in [0.05, 0.1) is 13.2 Å². The molecule has 0 spiro atoms. The second-order valence-corrected chi connectivity index (χ2v) is 7.04. The number of rotatable bonds is 7. The largest absolute Gasteiger partial charge is 0.494 e. The van der Waals surface area contributed by atoms with Gasteiger partial charge < -0.3 is 9.47 Å². The first kappa shape index (κ1) is 19.3. The summed E-state index contributed by atoms with van der Waals surface area (Å²) in [6.07, 6.45) is 0. The first-order chi connectivity index (χ1) is 11.9. The molecule has 0 aliphatic heterocycles. The molecule has 7 heteroatoms. The Kier molecular flexibility index (Phi) is 6.43. The normalized spacial score (nSPS) is 12.5. The van der Waals surface area contributed by atoms with Gasteiger partial charge in [-0.15, -0.1) is 0 Å². The van der Waals surface area contributed by atoms with E-state index in [4.69, 9.17) is 9.47 Å². The predicted molar refractivity (Wildman–Crippen MR) is 92.2 cm³/mol. The fourth-order valence-electron chi connectivity index (χ4n) is 2.28. The molecule has 2 rings (SSSR count). The number of hydrogen-bond donors (Lipinski definition) is 0. The quantitative estimate of drug-likeness (QED) is 0.647. The van der Waals surface area contributed by atoms with Crippen molar-refractivity contribution in [2.75, 3.05) is 13.2 Å². The lowest BCUT2D eigenvalue weighted by Gasteiger charge is -2.22. The molecule has 1 atom stereocenters. The third-order valence-electron chi connectivity index (χ3n) is 3.26. The average molecular weight is 370 g/mol. The molecular weight excluding hydrogens is 352 g/mol. The van der Waals surface area contributed by atoms with Crippen molar-refractivity contribution in [3.8, 4) is 11.5 Å². The number of ether oxygens (including phenoxy) is 2. The molecule has 0 fully saturated rings. The van der Waals surface area contributed by atoms with E-state index >= 15 is 0 Å². The molecule has 134 valence electrons. The van der Waals surface area contributed by atoms with Crippen LogP contribution in [-0.2, 0) is 0 Å². The van der Waals surface area contributed by atoms with Gasteiger partial charge in [-0.1, -0.05) is 30.3 Å². The van der Waals surface area contributed by atoms with Crippen molar-refractivity contribution >= 4 is 18.8 Å². The van der Waals surface area contributed by atoms with E-state index in [2.05, 4.69) is 0 Å². The third kappa shape index (κ3) is 4.73. The Bertz CT molecular complexity index is 717. The van der Waals surface area contributed by atoms with Crippen LogP contribution in [0, 0.1) is 0 Å². The second-order valence-electron chi connectivity index (χ2n) is 4.97. The predicted octanol–water partition coefficient (Wildman–Crippen LogP) is 4.95. The third-order valence-corrected chi connectivity index (χ3v) is 5.28. The number of alkyl halides is 3. The average Bonchev–Trinajstić information content (AvgIpc) is 2.57. The van der Waals surface area contributed by atoms with E-state index in [0.29, 0.717) is 12.4 Å². The zero-order chi connectivity index (χ0) is 18.4. The molecule has 0 saturated carbocycles. The van der Waals surface area contributed by atoms with Gasteiger partial charge in [-0.05, 0) is 26.0 Å². The van der Waals surface area contributed by atoms with Crippen molar-refractivity contribution in [2.45, 2.75) is 19.8 Å². The summed E-state index contributed by atoms with van der Waals surface area (Å²) in [5, 5.41) is -0.151. The van der Waals surface area contributed by atoms with Crippen LogP contribution < -0.4 is 14.8 Å². The molecule has 0 aliphatic rings. The summed E-state index contributed by atoms with van der Waals surface area (Å²) >= 11 is 0. The maximum absolute atomic E-state index is 13.7. The Morgan fingerprint density at radius 2 is 1.64 bits per heavy atom. The number of hydrogen-bond acceptors (Lipinski definition) is 3. The fraction of sp³-hybridized carbons (Fsp3) is 0.278. The minimum atomic E-state index is -4.68. The van der Waals surface area contributed by atoms with Gasteiger partial charge in [0.2, 0.25) is 0 Å². The van der Waals surface area contributed by atoms with E-state index in [-0.39, 0.29) is 23.2 Å². The number of benzene rings is 2. The second kappa shape index (κ2) is 8.34. The van der Waals surface area contributed by atoms with E-state index in [9.17, 15) is 18.0 Å². The van der Waals surface area contributed by atoms with Crippen LogP contribution in [0.2, 0.25) is 0 Å². The summed E-state index contributed by atoms with van der Waals surface area (Å²) in [7, 11) is -3.11. The summed E-state index contributed by atoms with van der Waals surface area (Å²) in [6, 6.07) is 11.6. The number of halogens is 3. The lowest BCUT2D eigenvalue weighted by atomic mass is 10.2. The molecule has 3 nitrogen and oxygen atoms in total. The molecule has 0 saturated heterocycles. The zero-order valence-electron chi connectivity index (χ0n) is 13.8. The zero-order valence-corrected chi connectivity index (χ0v) is 14.7. The van der Waals surface area contributed by atoms with Gasteiger partial charge in [-0.2, -0.15) is 13.2 Å². The highest BCUT2D eigenvalue weighted by molar-refractivity contribution is 7.83. The minimum absolute atomic E-state index is 0.0289. The van der Waals surface area contributed by atoms with Crippen molar-refractivity contribution < 1.29 is 27.4 Å². The van der Waals surface area contributed by atoms with Crippen LogP contribution in [0.1, 0.15) is 24.2 Å². The molecule has 0 aromatic heterocycles. The molecule has 0 amide bonds. The van der Waals surface area contributed by atoms with Crippen LogP contribution in [0.5, 0.6) is 11.5 Å². The number of carbonyl (C=O) groups is 1. The Labute approximate surface area is 145 Å². The van der Waals surface area contributed by atoms with Gasteiger partial charge in [0.1, 0.15) is 19.4 Å². The van der Waals surface area contributed by atoms with E-state index in [1.165, 1.54) is 30.3 Å². The van der Waals surface area contributed by atoms with Crippen LogP contribution in [0.3, 0.4) is 0 Å². The molecule has 2 aromatic rings. The summed E-state index contributed by atoms with van der Waals surface area (Å²) in [6.45, 7) is 4.01. The lowest BCUT2D eigenvalue weighted by molar-refractivity contribution is -0.0384. The van der Waals surface area contributed by atoms with E-state index in [1.807, 2.05) is 0 Å². The maximum atomic E-state index is 13.7. The van der Waals surface area contributed by atoms with Crippen LogP contribution in [-0.4, -0.2) is 24.7 Å². The fourth-order valence-corrected chi connectivity index (χ4v) is 3.98. The van der Waals surface area contributed by atoms with Crippen molar-refractivity contribution in [3.05, 3.63) is 54.1 Å². The van der Waals surface area contributed by atoms with Crippen LogP contribution in [0.15, 0.2) is 48.5 Å². The molecule has 0 bridgehead atoms. The highest BCUT2D eigenvalue weighted by Crippen LogP contribution is 2.56. The maximum Gasteiger partial charge on any atom is 0.416 e. The van der Waals surface area contributed by atoms with E-state index in [0.717, 1.165) is 0 Å². The van der Waals surface area contributed by atoms with Crippen molar-refractivity contribution in [3.63, 3.8) is 0 Å². The molecular formula is C18H18F3O3P. The van der Waals surface area contributed by atoms with Gasteiger partial charge in [0, 0.05) is 16.9 Å². The topological polar surface area (TPSA) is 35.5 Å². The van der Waals surface area contributed by atoms with Gasteiger partial charge in [0.15, 0.2) is 5.52 Å². The summed E-state index contributed by atoms with van der Waals surface area (Å²) in [5.74, 6) is -4.25. The number of carbonyl (C=O) groups excluding carboxylic acids is 1. The Morgan fingerprint density at radius 1 is 1.00 bits per heavy atom. The highest BCUT2D eigenvalue weighted by Gasteiger charge is 2.47. The molecule has 2 aromatic carbocycles. The monoisotopic (exact) mass is 370 g/mol. The van der Waals surface area contributed by atoms with Crippen molar-refractivity contribution in [2.24, 2.45) is 0 Å². The molecule has 0 aliphatic carbocycles. The summed E-state index contributed by atoms with van der Waals surface area (Å²) in [4.78, 5) is 12.6. The Balaban J connectivity index is 2.53. The summed E-state index contributed by atoms with van der Waals surface area (Å²) < 4.78 is 51.9. The molecule has 25 heavy (non-hydrogen) atoms. The van der Waals surface area contributed by atoms with Crippen LogP contribution in [0.25, 0.3) is 0 Å².